The fraction of sp³-hybridized carbons (Fsp3) is 0.632. The molecule has 0 radical (unpaired) electrons. The van der Waals surface area contributed by atoms with E-state index in [0.717, 1.165) is 12.5 Å². The number of benzene rings is 1. The minimum absolute atomic E-state index is 0.0912. The van der Waals surface area contributed by atoms with E-state index >= 15 is 0 Å². The quantitative estimate of drug-likeness (QED) is 0.734. The standard InChI is InChI=1S/C19H30FN3O3S/c1-14(2)12-19(3,13-21)22-18(24)15-8-10-23(11-9-15)27(25,26)17-7-5-4-6-16(17)20/h4-7,14-15H,8-13,21H2,1-3H3,(H,22,24). The summed E-state index contributed by atoms with van der Waals surface area (Å²) in [5.74, 6) is -0.724. The Labute approximate surface area is 161 Å². The van der Waals surface area contributed by atoms with E-state index in [1.807, 2.05) is 6.92 Å². The Hall–Kier alpha value is -1.51. The molecule has 0 bridgehead atoms. The number of hydrogen-bond donors (Lipinski definition) is 2. The number of halogens is 1. The van der Waals surface area contributed by atoms with Gasteiger partial charge in [-0.05, 0) is 44.2 Å². The average molecular weight is 400 g/mol. The fourth-order valence-electron chi connectivity index (χ4n) is 3.64. The van der Waals surface area contributed by atoms with Crippen molar-refractivity contribution in [1.29, 1.82) is 0 Å². The topological polar surface area (TPSA) is 92.5 Å². The van der Waals surface area contributed by atoms with Crippen LogP contribution in [-0.2, 0) is 14.8 Å². The highest BCUT2D eigenvalue weighted by Crippen LogP contribution is 2.26. The molecule has 1 amide bonds. The first kappa shape index (κ1) is 21.8. The van der Waals surface area contributed by atoms with E-state index in [9.17, 15) is 17.6 Å². The molecule has 0 aromatic heterocycles. The monoisotopic (exact) mass is 399 g/mol. The third-order valence-electron chi connectivity index (χ3n) is 5.01. The number of nitrogens with zero attached hydrogens (tertiary/aromatic N) is 1. The summed E-state index contributed by atoms with van der Waals surface area (Å²) in [6.07, 6.45) is 1.58. The van der Waals surface area contributed by atoms with Crippen molar-refractivity contribution in [2.45, 2.75) is 50.5 Å². The fourth-order valence-corrected chi connectivity index (χ4v) is 5.17. The van der Waals surface area contributed by atoms with Gasteiger partial charge < -0.3 is 11.1 Å². The van der Waals surface area contributed by atoms with Gasteiger partial charge in [0.05, 0.1) is 0 Å². The van der Waals surface area contributed by atoms with E-state index in [-0.39, 0.29) is 29.8 Å². The predicted molar refractivity (Wildman–Crippen MR) is 103 cm³/mol. The van der Waals surface area contributed by atoms with Crippen LogP contribution >= 0.6 is 0 Å². The molecule has 1 aromatic carbocycles. The minimum Gasteiger partial charge on any atom is -0.349 e. The molecule has 0 saturated carbocycles. The van der Waals surface area contributed by atoms with Crippen molar-refractivity contribution in [3.05, 3.63) is 30.1 Å². The second kappa shape index (κ2) is 8.67. The highest BCUT2D eigenvalue weighted by molar-refractivity contribution is 7.89. The lowest BCUT2D eigenvalue weighted by molar-refractivity contribution is -0.128. The molecule has 8 heteroatoms. The maximum atomic E-state index is 13.9. The largest absolute Gasteiger partial charge is 0.349 e. The van der Waals surface area contributed by atoms with Gasteiger partial charge >= 0.3 is 0 Å². The summed E-state index contributed by atoms with van der Waals surface area (Å²) in [5, 5.41) is 3.05. The van der Waals surface area contributed by atoms with Gasteiger partial charge in [0.1, 0.15) is 10.7 Å². The first-order valence-corrected chi connectivity index (χ1v) is 10.8. The second-order valence-electron chi connectivity index (χ2n) is 7.96. The van der Waals surface area contributed by atoms with Crippen LogP contribution in [0.2, 0.25) is 0 Å². The van der Waals surface area contributed by atoms with E-state index in [4.69, 9.17) is 5.73 Å². The number of piperidine rings is 1. The number of sulfonamides is 1. The van der Waals surface area contributed by atoms with Gasteiger partial charge in [0.25, 0.3) is 0 Å². The Morgan fingerprint density at radius 1 is 1.33 bits per heavy atom. The van der Waals surface area contributed by atoms with Gasteiger partial charge in [0, 0.05) is 31.1 Å². The molecule has 1 fully saturated rings. The Bertz CT molecular complexity index is 761. The molecule has 1 saturated heterocycles. The maximum Gasteiger partial charge on any atom is 0.245 e. The summed E-state index contributed by atoms with van der Waals surface area (Å²) in [6, 6.07) is 5.35. The number of hydrogen-bond acceptors (Lipinski definition) is 4. The van der Waals surface area contributed by atoms with Crippen LogP contribution in [0.1, 0.15) is 40.0 Å². The lowest BCUT2D eigenvalue weighted by Gasteiger charge is -2.35. The lowest BCUT2D eigenvalue weighted by atomic mass is 9.89. The number of amides is 1. The first-order valence-electron chi connectivity index (χ1n) is 9.36. The third kappa shape index (κ3) is 5.27. The van der Waals surface area contributed by atoms with E-state index in [2.05, 4.69) is 19.2 Å². The summed E-state index contributed by atoms with van der Waals surface area (Å²) >= 11 is 0. The van der Waals surface area contributed by atoms with E-state index < -0.39 is 21.4 Å². The van der Waals surface area contributed by atoms with Gasteiger partial charge in [-0.15, -0.1) is 0 Å². The molecule has 1 heterocycles. The van der Waals surface area contributed by atoms with Crippen molar-refractivity contribution in [3.63, 3.8) is 0 Å². The molecular formula is C19H30FN3O3S. The third-order valence-corrected chi connectivity index (χ3v) is 6.95. The second-order valence-corrected chi connectivity index (χ2v) is 9.87. The summed E-state index contributed by atoms with van der Waals surface area (Å²) in [7, 11) is -3.89. The van der Waals surface area contributed by atoms with Crippen molar-refractivity contribution in [2.24, 2.45) is 17.6 Å². The van der Waals surface area contributed by atoms with Gasteiger partial charge in [-0.3, -0.25) is 4.79 Å². The number of nitrogens with one attached hydrogen (secondary N) is 1. The zero-order valence-corrected chi connectivity index (χ0v) is 17.1. The Kier molecular flexibility index (Phi) is 6.99. The van der Waals surface area contributed by atoms with Crippen molar-refractivity contribution < 1.29 is 17.6 Å². The molecule has 152 valence electrons. The molecule has 1 unspecified atom stereocenters. The Morgan fingerprint density at radius 2 is 1.93 bits per heavy atom. The predicted octanol–water partition coefficient (Wildman–Crippen LogP) is 2.11. The molecule has 1 aliphatic rings. The first-order chi connectivity index (χ1) is 12.6. The van der Waals surface area contributed by atoms with E-state index in [0.29, 0.717) is 25.3 Å². The maximum absolute atomic E-state index is 13.9. The molecule has 27 heavy (non-hydrogen) atoms. The smallest absolute Gasteiger partial charge is 0.245 e. The molecule has 0 aliphatic carbocycles. The molecular weight excluding hydrogens is 369 g/mol. The molecule has 6 nitrogen and oxygen atoms in total. The van der Waals surface area contributed by atoms with Crippen LogP contribution in [-0.4, -0.2) is 43.8 Å². The SMILES string of the molecule is CC(C)CC(C)(CN)NC(=O)C1CCN(S(=O)(=O)c2ccccc2F)CC1. The van der Waals surface area contributed by atoms with Crippen LogP contribution in [0.15, 0.2) is 29.2 Å². The summed E-state index contributed by atoms with van der Waals surface area (Å²) < 4.78 is 40.4. The number of carbonyl (C=O) groups excluding carboxylic acids is 1. The number of carbonyl (C=O) groups is 1. The lowest BCUT2D eigenvalue weighted by Crippen LogP contribution is -2.55. The van der Waals surface area contributed by atoms with Crippen LogP contribution in [0.3, 0.4) is 0 Å². The average Bonchev–Trinajstić information content (AvgIpc) is 2.61. The van der Waals surface area contributed by atoms with Crippen molar-refractivity contribution in [3.8, 4) is 0 Å². The zero-order valence-electron chi connectivity index (χ0n) is 16.2. The molecule has 2 rings (SSSR count). The van der Waals surface area contributed by atoms with Gasteiger partial charge in [-0.1, -0.05) is 26.0 Å². The minimum atomic E-state index is -3.89. The summed E-state index contributed by atoms with van der Waals surface area (Å²) in [5.41, 5.74) is 5.38. The zero-order chi connectivity index (χ0) is 20.2. The summed E-state index contributed by atoms with van der Waals surface area (Å²) in [4.78, 5) is 12.3. The number of nitrogens with two attached hydrogens (primary N) is 1. The highest BCUT2D eigenvalue weighted by Gasteiger charge is 2.35. The highest BCUT2D eigenvalue weighted by atomic mass is 32.2. The van der Waals surface area contributed by atoms with E-state index in [1.165, 1.54) is 22.5 Å². The van der Waals surface area contributed by atoms with E-state index in [1.54, 1.807) is 0 Å². The van der Waals surface area contributed by atoms with Crippen LogP contribution in [0.4, 0.5) is 4.39 Å². The summed E-state index contributed by atoms with van der Waals surface area (Å²) in [6.45, 7) is 6.81. The molecule has 1 aliphatic heterocycles. The van der Waals surface area contributed by atoms with Crippen LogP contribution < -0.4 is 11.1 Å². The Balaban J connectivity index is 2.00. The normalized spacial score (nSPS) is 19.0. The van der Waals surface area contributed by atoms with Crippen molar-refractivity contribution >= 4 is 15.9 Å². The molecule has 1 atom stereocenters. The van der Waals surface area contributed by atoms with Gasteiger partial charge in [-0.2, -0.15) is 4.31 Å². The molecule has 3 N–H and O–H groups in total. The van der Waals surface area contributed by atoms with Crippen molar-refractivity contribution in [1.82, 2.24) is 9.62 Å². The van der Waals surface area contributed by atoms with Crippen LogP contribution in [0, 0.1) is 17.7 Å². The number of rotatable bonds is 7. The van der Waals surface area contributed by atoms with Gasteiger partial charge in [0.2, 0.25) is 15.9 Å². The van der Waals surface area contributed by atoms with Crippen molar-refractivity contribution in [2.75, 3.05) is 19.6 Å². The molecule has 1 aromatic rings. The molecule has 0 spiro atoms. The van der Waals surface area contributed by atoms with Gasteiger partial charge in [0.15, 0.2) is 0 Å². The van der Waals surface area contributed by atoms with Crippen LogP contribution in [0.25, 0.3) is 0 Å². The van der Waals surface area contributed by atoms with Gasteiger partial charge in [-0.25, -0.2) is 12.8 Å². The van der Waals surface area contributed by atoms with Crippen LogP contribution in [0.5, 0.6) is 0 Å². The Morgan fingerprint density at radius 3 is 2.44 bits per heavy atom.